The zero-order valence-electron chi connectivity index (χ0n) is 11.7. The van der Waals surface area contributed by atoms with E-state index in [1.807, 2.05) is 27.0 Å². The number of rotatable bonds is 4. The Morgan fingerprint density at radius 2 is 2.05 bits per heavy atom. The van der Waals surface area contributed by atoms with Crippen LogP contribution in [0.3, 0.4) is 0 Å². The highest BCUT2D eigenvalue weighted by Crippen LogP contribution is 2.25. The molecule has 1 atom stereocenters. The van der Waals surface area contributed by atoms with Crippen molar-refractivity contribution in [2.45, 2.75) is 26.3 Å². The van der Waals surface area contributed by atoms with Crippen molar-refractivity contribution in [3.63, 3.8) is 0 Å². The van der Waals surface area contributed by atoms with Crippen LogP contribution >= 0.6 is 11.6 Å². The zero-order valence-corrected chi connectivity index (χ0v) is 12.5. The van der Waals surface area contributed by atoms with E-state index in [0.717, 1.165) is 17.0 Å². The summed E-state index contributed by atoms with van der Waals surface area (Å²) in [5, 5.41) is 11.5. The van der Waals surface area contributed by atoms with Crippen molar-refractivity contribution < 1.29 is 4.39 Å². The van der Waals surface area contributed by atoms with E-state index in [0.29, 0.717) is 12.0 Å². The molecule has 0 aliphatic rings. The molecule has 0 saturated heterocycles. The maximum absolute atomic E-state index is 14.0. The lowest BCUT2D eigenvalue weighted by molar-refractivity contribution is 0.549. The number of halogens is 2. The predicted octanol–water partition coefficient (Wildman–Crippen LogP) is 3.39. The molecule has 5 heteroatoms. The maximum Gasteiger partial charge on any atom is 0.145 e. The Morgan fingerprint density at radius 3 is 2.75 bits per heavy atom. The number of aromatic nitrogens is 2. The lowest BCUT2D eigenvalue weighted by atomic mass is 9.97. The van der Waals surface area contributed by atoms with Gasteiger partial charge in [0.15, 0.2) is 0 Å². The molecular weight excluding hydrogens is 277 g/mol. The molecule has 1 unspecified atom stereocenters. The molecule has 106 valence electrons. The summed E-state index contributed by atoms with van der Waals surface area (Å²) in [5.41, 5.74) is 3.31. The van der Waals surface area contributed by atoms with Gasteiger partial charge in [0.1, 0.15) is 5.82 Å². The van der Waals surface area contributed by atoms with Crippen LogP contribution in [0.15, 0.2) is 24.3 Å². The number of aryl methyl sites for hydroxylation is 2. The molecule has 0 aliphatic heterocycles. The highest BCUT2D eigenvalue weighted by atomic mass is 35.5. The minimum Gasteiger partial charge on any atom is -0.313 e. The van der Waals surface area contributed by atoms with Gasteiger partial charge in [-0.1, -0.05) is 23.7 Å². The number of likely N-dealkylation sites (N-methyl/N-ethyl adjacent to an activating group) is 1. The molecule has 1 N–H and O–H groups in total. The Hall–Kier alpha value is -1.52. The van der Waals surface area contributed by atoms with Crippen molar-refractivity contribution in [1.82, 2.24) is 15.5 Å². The van der Waals surface area contributed by atoms with Gasteiger partial charge in [-0.2, -0.15) is 10.2 Å². The molecule has 2 rings (SSSR count). The van der Waals surface area contributed by atoms with E-state index in [4.69, 9.17) is 11.6 Å². The second kappa shape index (κ2) is 6.29. The van der Waals surface area contributed by atoms with Gasteiger partial charge < -0.3 is 5.32 Å². The van der Waals surface area contributed by atoms with Crippen LogP contribution < -0.4 is 5.32 Å². The van der Waals surface area contributed by atoms with Crippen molar-refractivity contribution in [1.29, 1.82) is 0 Å². The lowest BCUT2D eigenvalue weighted by Gasteiger charge is -2.19. The van der Waals surface area contributed by atoms with Gasteiger partial charge >= 0.3 is 0 Å². The molecule has 2 aromatic rings. The van der Waals surface area contributed by atoms with E-state index >= 15 is 0 Å². The molecular formula is C15H17ClFN3. The fourth-order valence-corrected chi connectivity index (χ4v) is 2.41. The highest BCUT2D eigenvalue weighted by Gasteiger charge is 2.17. The average molecular weight is 294 g/mol. The molecule has 0 aliphatic carbocycles. The molecule has 20 heavy (non-hydrogen) atoms. The molecule has 0 fully saturated rings. The summed E-state index contributed by atoms with van der Waals surface area (Å²) < 4.78 is 14.0. The average Bonchev–Trinajstić information content (AvgIpc) is 2.43. The second-order valence-electron chi connectivity index (χ2n) is 4.78. The van der Waals surface area contributed by atoms with Crippen LogP contribution in [0.2, 0.25) is 5.02 Å². The van der Waals surface area contributed by atoms with Crippen LogP contribution in [0.4, 0.5) is 4.39 Å². The number of hydrogen-bond acceptors (Lipinski definition) is 3. The summed E-state index contributed by atoms with van der Waals surface area (Å²) in [5.74, 6) is -0.356. The summed E-state index contributed by atoms with van der Waals surface area (Å²) in [4.78, 5) is 0. The molecule has 0 spiro atoms. The van der Waals surface area contributed by atoms with E-state index in [1.54, 1.807) is 18.2 Å². The summed E-state index contributed by atoms with van der Waals surface area (Å²) in [6, 6.07) is 7.01. The highest BCUT2D eigenvalue weighted by molar-refractivity contribution is 6.30. The van der Waals surface area contributed by atoms with Crippen LogP contribution in [0.25, 0.3) is 0 Å². The van der Waals surface area contributed by atoms with Gasteiger partial charge in [0.25, 0.3) is 0 Å². The van der Waals surface area contributed by atoms with Crippen LogP contribution in [-0.2, 0) is 6.42 Å². The van der Waals surface area contributed by atoms with Gasteiger partial charge in [0.2, 0.25) is 0 Å². The van der Waals surface area contributed by atoms with Gasteiger partial charge in [-0.15, -0.1) is 0 Å². The Kier molecular flexibility index (Phi) is 4.68. The van der Waals surface area contributed by atoms with Gasteiger partial charge in [-0.05, 0) is 50.6 Å². The summed E-state index contributed by atoms with van der Waals surface area (Å²) in [6.45, 7) is 3.79. The van der Waals surface area contributed by atoms with E-state index in [9.17, 15) is 4.39 Å². The fourth-order valence-electron chi connectivity index (χ4n) is 2.22. The summed E-state index contributed by atoms with van der Waals surface area (Å²) in [6.07, 6.45) is 0.509. The van der Waals surface area contributed by atoms with Gasteiger partial charge in [0.05, 0.1) is 16.4 Å². The second-order valence-corrected chi connectivity index (χ2v) is 5.19. The molecule has 1 aromatic carbocycles. The van der Waals surface area contributed by atoms with Crippen molar-refractivity contribution in [3.8, 4) is 0 Å². The minimum absolute atomic E-state index is 0.0304. The van der Waals surface area contributed by atoms with Gasteiger partial charge in [-0.3, -0.25) is 0 Å². The van der Waals surface area contributed by atoms with Crippen LogP contribution in [0, 0.1) is 19.7 Å². The third-order valence-corrected chi connectivity index (χ3v) is 3.61. The zero-order chi connectivity index (χ0) is 14.7. The monoisotopic (exact) mass is 293 g/mol. The molecule has 0 bridgehead atoms. The molecule has 1 heterocycles. The molecule has 0 radical (unpaired) electrons. The Balaban J connectivity index is 2.34. The quantitative estimate of drug-likeness (QED) is 0.939. The lowest BCUT2D eigenvalue weighted by Crippen LogP contribution is -2.21. The first-order valence-corrected chi connectivity index (χ1v) is 6.81. The Bertz CT molecular complexity index is 616. The number of benzene rings is 1. The van der Waals surface area contributed by atoms with Crippen molar-refractivity contribution in [3.05, 3.63) is 57.6 Å². The van der Waals surface area contributed by atoms with Gasteiger partial charge in [-0.25, -0.2) is 4.39 Å². The number of hydrogen-bond donors (Lipinski definition) is 1. The fraction of sp³-hybridized carbons (Fsp3) is 0.333. The number of nitrogens with zero attached hydrogens (tertiary/aromatic N) is 2. The van der Waals surface area contributed by atoms with E-state index in [-0.39, 0.29) is 16.9 Å². The maximum atomic E-state index is 14.0. The minimum atomic E-state index is -0.356. The third-order valence-electron chi connectivity index (χ3n) is 3.32. The first kappa shape index (κ1) is 14.9. The van der Waals surface area contributed by atoms with E-state index in [2.05, 4.69) is 15.5 Å². The van der Waals surface area contributed by atoms with Gasteiger partial charge in [0, 0.05) is 6.04 Å². The summed E-state index contributed by atoms with van der Waals surface area (Å²) >= 11 is 5.83. The molecule has 0 amide bonds. The molecule has 1 aromatic heterocycles. The molecule has 0 saturated carbocycles. The predicted molar refractivity (Wildman–Crippen MR) is 78.4 cm³/mol. The smallest absolute Gasteiger partial charge is 0.145 e. The van der Waals surface area contributed by atoms with Crippen molar-refractivity contribution in [2.24, 2.45) is 0 Å². The van der Waals surface area contributed by atoms with E-state index < -0.39 is 0 Å². The van der Waals surface area contributed by atoms with E-state index in [1.165, 1.54) is 0 Å². The number of nitrogens with one attached hydrogen (secondary N) is 1. The van der Waals surface area contributed by atoms with Crippen LogP contribution in [0.5, 0.6) is 0 Å². The van der Waals surface area contributed by atoms with Crippen molar-refractivity contribution >= 4 is 11.6 Å². The first-order valence-electron chi connectivity index (χ1n) is 6.44. The standard InChI is InChI=1S/C15H17ClFN3/c1-9-7-12(10(2)20-19-9)14(18-3)8-11-5-4-6-13(16)15(11)17/h4-7,14,18H,8H2,1-3H3. The Morgan fingerprint density at radius 1 is 1.30 bits per heavy atom. The SMILES string of the molecule is CNC(Cc1cccc(Cl)c1F)c1cc(C)nnc1C. The normalized spacial score (nSPS) is 12.4. The van der Waals surface area contributed by atoms with Crippen molar-refractivity contribution in [2.75, 3.05) is 7.05 Å². The van der Waals surface area contributed by atoms with Crippen LogP contribution in [-0.4, -0.2) is 17.2 Å². The third kappa shape index (κ3) is 3.14. The molecule has 3 nitrogen and oxygen atoms in total. The van der Waals surface area contributed by atoms with Crippen LogP contribution in [0.1, 0.15) is 28.6 Å². The summed E-state index contributed by atoms with van der Waals surface area (Å²) in [7, 11) is 1.85. The largest absolute Gasteiger partial charge is 0.313 e. The topological polar surface area (TPSA) is 37.8 Å². The Labute approximate surface area is 123 Å². The first-order chi connectivity index (χ1) is 9.52.